The number of carboxylic acid groups (broad SMARTS) is 1. The van der Waals surface area contributed by atoms with Gasteiger partial charge in [0.25, 0.3) is 0 Å². The van der Waals surface area contributed by atoms with Crippen LogP contribution in [0.3, 0.4) is 0 Å². The highest BCUT2D eigenvalue weighted by atomic mass is 16.5. The summed E-state index contributed by atoms with van der Waals surface area (Å²) >= 11 is 0. The van der Waals surface area contributed by atoms with Crippen molar-refractivity contribution in [3.63, 3.8) is 0 Å². The molecule has 4 nitrogen and oxygen atoms in total. The van der Waals surface area contributed by atoms with Crippen molar-refractivity contribution in [3.8, 4) is 0 Å². The Morgan fingerprint density at radius 3 is 2.61 bits per heavy atom. The van der Waals surface area contributed by atoms with Gasteiger partial charge in [0.2, 0.25) is 0 Å². The molecule has 0 bridgehead atoms. The van der Waals surface area contributed by atoms with E-state index in [1.165, 1.54) is 12.8 Å². The average Bonchev–Trinajstić information content (AvgIpc) is 2.29. The van der Waals surface area contributed by atoms with Crippen molar-refractivity contribution in [2.45, 2.75) is 58.9 Å². The molecule has 2 N–H and O–H groups in total. The van der Waals surface area contributed by atoms with Crippen LogP contribution in [-0.2, 0) is 9.53 Å². The van der Waals surface area contributed by atoms with Crippen molar-refractivity contribution in [2.24, 2.45) is 5.92 Å². The van der Waals surface area contributed by atoms with Gasteiger partial charge in [-0.15, -0.1) is 0 Å². The molecule has 0 amide bonds. The number of ether oxygens (including phenoxy) is 1. The molecule has 2 unspecified atom stereocenters. The normalized spacial score (nSPS) is 16.2. The van der Waals surface area contributed by atoms with Crippen molar-refractivity contribution in [2.75, 3.05) is 19.8 Å². The second kappa shape index (κ2) is 9.34. The van der Waals surface area contributed by atoms with Crippen LogP contribution in [0.2, 0.25) is 0 Å². The van der Waals surface area contributed by atoms with Gasteiger partial charge < -0.3 is 15.2 Å². The Morgan fingerprint density at radius 1 is 1.44 bits per heavy atom. The lowest BCUT2D eigenvalue weighted by molar-refractivity contribution is -0.144. The molecule has 0 aliphatic rings. The highest BCUT2D eigenvalue weighted by molar-refractivity contribution is 5.78. The van der Waals surface area contributed by atoms with Gasteiger partial charge in [0.15, 0.2) is 0 Å². The minimum absolute atomic E-state index is 0.592. The maximum Gasteiger partial charge on any atom is 0.323 e. The van der Waals surface area contributed by atoms with Gasteiger partial charge in [0.1, 0.15) is 5.54 Å². The lowest BCUT2D eigenvalue weighted by atomic mass is 9.96. The molecule has 4 heteroatoms. The van der Waals surface area contributed by atoms with E-state index in [1.807, 2.05) is 6.92 Å². The quantitative estimate of drug-likeness (QED) is 0.560. The molecule has 0 aromatic rings. The van der Waals surface area contributed by atoms with Crippen LogP contribution in [0.5, 0.6) is 0 Å². The third-order valence-electron chi connectivity index (χ3n) is 3.19. The Kier molecular flexibility index (Phi) is 9.02. The summed E-state index contributed by atoms with van der Waals surface area (Å²) in [5.41, 5.74) is -0.826. The molecule has 0 aliphatic heterocycles. The second-order valence-corrected chi connectivity index (χ2v) is 5.24. The van der Waals surface area contributed by atoms with E-state index in [1.54, 1.807) is 6.92 Å². The van der Waals surface area contributed by atoms with Crippen molar-refractivity contribution >= 4 is 5.97 Å². The number of hydrogen-bond acceptors (Lipinski definition) is 3. The van der Waals surface area contributed by atoms with Crippen LogP contribution in [0.4, 0.5) is 0 Å². The fourth-order valence-corrected chi connectivity index (χ4v) is 2.05. The van der Waals surface area contributed by atoms with E-state index in [-0.39, 0.29) is 0 Å². The summed E-state index contributed by atoms with van der Waals surface area (Å²) in [5, 5.41) is 12.2. The molecule has 0 aromatic heterocycles. The fraction of sp³-hybridized carbons (Fsp3) is 0.929. The molecule has 0 rings (SSSR count). The molecular formula is C14H29NO3. The zero-order chi connectivity index (χ0) is 14.0. The van der Waals surface area contributed by atoms with Crippen molar-refractivity contribution < 1.29 is 14.6 Å². The van der Waals surface area contributed by atoms with Crippen LogP contribution in [-0.4, -0.2) is 36.4 Å². The van der Waals surface area contributed by atoms with Gasteiger partial charge in [-0.25, -0.2) is 0 Å². The molecule has 0 fully saturated rings. The molecule has 2 atom stereocenters. The number of carboxylic acids is 1. The number of likely N-dealkylation sites (N-methyl/N-ethyl adjacent to an activating group) is 1. The van der Waals surface area contributed by atoms with Crippen LogP contribution >= 0.6 is 0 Å². The van der Waals surface area contributed by atoms with E-state index < -0.39 is 11.5 Å². The van der Waals surface area contributed by atoms with Gasteiger partial charge >= 0.3 is 5.97 Å². The average molecular weight is 259 g/mol. The number of hydrogen-bond donors (Lipinski definition) is 2. The minimum atomic E-state index is -0.826. The van der Waals surface area contributed by atoms with Gasteiger partial charge in [-0.2, -0.15) is 0 Å². The predicted molar refractivity (Wildman–Crippen MR) is 73.8 cm³/mol. The Balaban J connectivity index is 3.77. The highest BCUT2D eigenvalue weighted by Crippen LogP contribution is 2.13. The molecule has 0 saturated carbocycles. The molecule has 0 heterocycles. The maximum atomic E-state index is 11.2. The summed E-state index contributed by atoms with van der Waals surface area (Å²) < 4.78 is 5.58. The Bertz CT molecular complexity index is 233. The van der Waals surface area contributed by atoms with Gasteiger partial charge in [-0.1, -0.05) is 27.2 Å². The van der Waals surface area contributed by atoms with E-state index >= 15 is 0 Å². The van der Waals surface area contributed by atoms with E-state index in [0.29, 0.717) is 25.5 Å². The first-order chi connectivity index (χ1) is 8.46. The second-order valence-electron chi connectivity index (χ2n) is 5.24. The number of rotatable bonds is 11. The standard InChI is InChI=1S/C14H29NO3/c1-5-8-12(3)11-18-10-7-9-14(4,13(16)17)15-6-2/h12,15H,5-11H2,1-4H3,(H,16,17). The predicted octanol–water partition coefficient (Wildman–Crippen LogP) is 2.67. The maximum absolute atomic E-state index is 11.2. The van der Waals surface area contributed by atoms with Gasteiger partial charge in [0.05, 0.1) is 0 Å². The van der Waals surface area contributed by atoms with Crippen LogP contribution in [0.1, 0.15) is 53.4 Å². The SMILES string of the molecule is CCCC(C)COCCCC(C)(NCC)C(=O)O. The van der Waals surface area contributed by atoms with Crippen LogP contribution in [0, 0.1) is 5.92 Å². The molecule has 0 aliphatic carbocycles. The lowest BCUT2D eigenvalue weighted by Gasteiger charge is -2.25. The van der Waals surface area contributed by atoms with Gasteiger partial charge in [-0.05, 0) is 38.6 Å². The third-order valence-corrected chi connectivity index (χ3v) is 3.19. The van der Waals surface area contributed by atoms with E-state index in [2.05, 4.69) is 19.2 Å². The van der Waals surface area contributed by atoms with E-state index in [9.17, 15) is 9.90 Å². The first-order valence-electron chi connectivity index (χ1n) is 7.02. The van der Waals surface area contributed by atoms with Crippen LogP contribution in [0.25, 0.3) is 0 Å². The van der Waals surface area contributed by atoms with Crippen LogP contribution in [0.15, 0.2) is 0 Å². The number of aliphatic carboxylic acids is 1. The summed E-state index contributed by atoms with van der Waals surface area (Å²) in [4.78, 5) is 11.2. The summed E-state index contributed by atoms with van der Waals surface area (Å²) in [5.74, 6) is -0.196. The monoisotopic (exact) mass is 259 g/mol. The van der Waals surface area contributed by atoms with Crippen molar-refractivity contribution in [3.05, 3.63) is 0 Å². The summed E-state index contributed by atoms with van der Waals surface area (Å²) in [6.07, 6.45) is 3.74. The molecular weight excluding hydrogens is 230 g/mol. The van der Waals surface area contributed by atoms with Crippen molar-refractivity contribution in [1.29, 1.82) is 0 Å². The summed E-state index contributed by atoms with van der Waals surface area (Å²) in [6.45, 7) is 10.1. The minimum Gasteiger partial charge on any atom is -0.480 e. The molecule has 108 valence electrons. The molecule has 18 heavy (non-hydrogen) atoms. The molecule has 0 spiro atoms. The zero-order valence-corrected chi connectivity index (χ0v) is 12.3. The highest BCUT2D eigenvalue weighted by Gasteiger charge is 2.31. The summed E-state index contributed by atoms with van der Waals surface area (Å²) in [7, 11) is 0. The largest absolute Gasteiger partial charge is 0.480 e. The Morgan fingerprint density at radius 2 is 2.11 bits per heavy atom. The van der Waals surface area contributed by atoms with E-state index in [0.717, 1.165) is 13.0 Å². The van der Waals surface area contributed by atoms with Gasteiger partial charge in [-0.3, -0.25) is 4.79 Å². The first-order valence-corrected chi connectivity index (χ1v) is 7.02. The van der Waals surface area contributed by atoms with Crippen LogP contribution < -0.4 is 5.32 Å². The fourth-order valence-electron chi connectivity index (χ4n) is 2.05. The molecule has 0 saturated heterocycles. The smallest absolute Gasteiger partial charge is 0.323 e. The first kappa shape index (κ1) is 17.4. The van der Waals surface area contributed by atoms with Crippen molar-refractivity contribution in [1.82, 2.24) is 5.32 Å². The molecule has 0 radical (unpaired) electrons. The topological polar surface area (TPSA) is 58.6 Å². The lowest BCUT2D eigenvalue weighted by Crippen LogP contribution is -2.49. The zero-order valence-electron chi connectivity index (χ0n) is 12.3. The van der Waals surface area contributed by atoms with E-state index in [4.69, 9.17) is 4.74 Å². The third kappa shape index (κ3) is 6.97. The number of carbonyl (C=O) groups is 1. The number of nitrogens with one attached hydrogen (secondary N) is 1. The Hall–Kier alpha value is -0.610. The molecule has 0 aromatic carbocycles. The Labute approximate surface area is 111 Å². The summed E-state index contributed by atoms with van der Waals surface area (Å²) in [6, 6.07) is 0. The van der Waals surface area contributed by atoms with Gasteiger partial charge in [0, 0.05) is 13.2 Å².